The summed E-state index contributed by atoms with van der Waals surface area (Å²) in [4.78, 5) is 16.7. The molecule has 0 unspecified atom stereocenters. The van der Waals surface area contributed by atoms with E-state index < -0.39 is 11.0 Å². The van der Waals surface area contributed by atoms with Gasteiger partial charge >= 0.3 is 0 Å². The normalized spacial score (nSPS) is 16.3. The van der Waals surface area contributed by atoms with Gasteiger partial charge in [-0.3, -0.25) is 15.0 Å². The van der Waals surface area contributed by atoms with E-state index in [1.807, 2.05) is 17.9 Å². The summed E-state index contributed by atoms with van der Waals surface area (Å²) >= 11 is 0. The Hall–Kier alpha value is -2.25. The number of non-ortho nitro benzene ring substituents is 1. The summed E-state index contributed by atoms with van der Waals surface area (Å²) in [5.74, 6) is 0. The molecule has 1 aliphatic rings. The predicted octanol–water partition coefficient (Wildman–Crippen LogP) is 1.42. The fourth-order valence-electron chi connectivity index (χ4n) is 2.84. The van der Waals surface area contributed by atoms with E-state index in [4.69, 9.17) is 0 Å². The fraction of sp³-hybridized carbons (Fsp3) is 0.400. The van der Waals surface area contributed by atoms with Crippen molar-refractivity contribution in [2.75, 3.05) is 13.1 Å². The summed E-state index contributed by atoms with van der Waals surface area (Å²) in [7, 11) is 1.99. The Bertz CT molecular complexity index is 681. The summed E-state index contributed by atoms with van der Waals surface area (Å²) < 4.78 is 2.04. The highest BCUT2D eigenvalue weighted by molar-refractivity contribution is 5.33. The van der Waals surface area contributed by atoms with Crippen LogP contribution in [0.1, 0.15) is 23.1 Å². The van der Waals surface area contributed by atoms with Gasteiger partial charge in [0.15, 0.2) is 0 Å². The highest BCUT2D eigenvalue weighted by Gasteiger charge is 2.22. The standard InChI is InChI=1S/C15H18N4O3/c1-17-10-16-13-8-18(7-6-14(13)17)9-15(20)11-2-4-12(5-3-11)19(21)22/h2-5,10,15,20H,6-9H2,1H3/t15-/m1/s1. The van der Waals surface area contributed by atoms with Crippen molar-refractivity contribution in [3.8, 4) is 0 Å². The first-order chi connectivity index (χ1) is 10.5. The third-order valence-electron chi connectivity index (χ3n) is 4.10. The van der Waals surface area contributed by atoms with E-state index in [0.717, 1.165) is 25.2 Å². The van der Waals surface area contributed by atoms with E-state index >= 15 is 0 Å². The molecular weight excluding hydrogens is 284 g/mol. The first-order valence-electron chi connectivity index (χ1n) is 7.18. The summed E-state index contributed by atoms with van der Waals surface area (Å²) in [5.41, 5.74) is 3.04. The van der Waals surface area contributed by atoms with Crippen molar-refractivity contribution in [1.82, 2.24) is 14.5 Å². The Balaban J connectivity index is 1.65. The van der Waals surface area contributed by atoms with Gasteiger partial charge in [0.1, 0.15) is 0 Å². The number of hydrogen-bond acceptors (Lipinski definition) is 5. The number of aromatic nitrogens is 2. The van der Waals surface area contributed by atoms with Crippen LogP contribution in [-0.2, 0) is 20.0 Å². The number of aliphatic hydroxyl groups is 1. The number of imidazole rings is 1. The highest BCUT2D eigenvalue weighted by Crippen LogP contribution is 2.22. The molecule has 0 fully saturated rings. The highest BCUT2D eigenvalue weighted by atomic mass is 16.6. The van der Waals surface area contributed by atoms with E-state index in [-0.39, 0.29) is 5.69 Å². The second-order valence-corrected chi connectivity index (χ2v) is 5.60. The summed E-state index contributed by atoms with van der Waals surface area (Å²) in [6, 6.07) is 6.06. The van der Waals surface area contributed by atoms with Crippen molar-refractivity contribution in [2.45, 2.75) is 19.1 Å². The molecule has 0 radical (unpaired) electrons. The van der Waals surface area contributed by atoms with E-state index in [1.165, 1.54) is 17.8 Å². The molecule has 0 saturated carbocycles. The monoisotopic (exact) mass is 302 g/mol. The van der Waals surface area contributed by atoms with Crippen LogP contribution in [0.25, 0.3) is 0 Å². The molecule has 0 spiro atoms. The van der Waals surface area contributed by atoms with Gasteiger partial charge in [0.05, 0.1) is 23.0 Å². The number of nitro groups is 1. The summed E-state index contributed by atoms with van der Waals surface area (Å²) in [5, 5.41) is 21.0. The number of rotatable bonds is 4. The molecular formula is C15H18N4O3. The van der Waals surface area contributed by atoms with Gasteiger partial charge in [-0.25, -0.2) is 4.98 Å². The maximum Gasteiger partial charge on any atom is 0.269 e. The molecule has 0 amide bonds. The number of benzene rings is 1. The fourth-order valence-corrected chi connectivity index (χ4v) is 2.84. The lowest BCUT2D eigenvalue weighted by Crippen LogP contribution is -2.34. The lowest BCUT2D eigenvalue weighted by molar-refractivity contribution is -0.384. The minimum atomic E-state index is -0.661. The lowest BCUT2D eigenvalue weighted by atomic mass is 10.1. The molecule has 1 atom stereocenters. The van der Waals surface area contributed by atoms with Crippen LogP contribution >= 0.6 is 0 Å². The Morgan fingerprint density at radius 2 is 2.14 bits per heavy atom. The largest absolute Gasteiger partial charge is 0.387 e. The average Bonchev–Trinajstić information content (AvgIpc) is 2.88. The quantitative estimate of drug-likeness (QED) is 0.682. The Kier molecular flexibility index (Phi) is 3.91. The molecule has 1 aromatic heterocycles. The Labute approximate surface area is 128 Å². The number of nitro benzene ring substituents is 1. The van der Waals surface area contributed by atoms with Crippen LogP contribution < -0.4 is 0 Å². The van der Waals surface area contributed by atoms with Crippen LogP contribution in [0.4, 0.5) is 5.69 Å². The number of aliphatic hydroxyl groups excluding tert-OH is 1. The number of fused-ring (bicyclic) bond motifs is 1. The van der Waals surface area contributed by atoms with E-state index in [2.05, 4.69) is 9.88 Å². The molecule has 0 aliphatic carbocycles. The Morgan fingerprint density at radius 1 is 1.41 bits per heavy atom. The molecule has 0 bridgehead atoms. The molecule has 7 nitrogen and oxygen atoms in total. The zero-order valence-electron chi connectivity index (χ0n) is 12.3. The average molecular weight is 302 g/mol. The van der Waals surface area contributed by atoms with E-state index in [1.54, 1.807) is 12.1 Å². The summed E-state index contributed by atoms with van der Waals surface area (Å²) in [6.45, 7) is 2.09. The maximum atomic E-state index is 10.6. The molecule has 116 valence electrons. The molecule has 1 aliphatic heterocycles. The first kappa shape index (κ1) is 14.7. The van der Waals surface area contributed by atoms with Crippen LogP contribution in [0, 0.1) is 10.1 Å². The lowest BCUT2D eigenvalue weighted by Gasteiger charge is -2.28. The molecule has 7 heteroatoms. The van der Waals surface area contributed by atoms with Gasteiger partial charge in [-0.15, -0.1) is 0 Å². The minimum Gasteiger partial charge on any atom is -0.387 e. The topological polar surface area (TPSA) is 84.4 Å². The SMILES string of the molecule is Cn1cnc2c1CCN(C[C@@H](O)c1ccc([N+](=O)[O-])cc1)C2. The van der Waals surface area contributed by atoms with Crippen LogP contribution in [-0.4, -0.2) is 37.6 Å². The van der Waals surface area contributed by atoms with Crippen LogP contribution in [0.3, 0.4) is 0 Å². The zero-order chi connectivity index (χ0) is 15.7. The molecule has 3 rings (SSSR count). The molecule has 1 aromatic carbocycles. The van der Waals surface area contributed by atoms with Gasteiger partial charge in [-0.2, -0.15) is 0 Å². The summed E-state index contributed by atoms with van der Waals surface area (Å²) in [6.07, 6.45) is 2.07. The van der Waals surface area contributed by atoms with Crippen molar-refractivity contribution >= 4 is 5.69 Å². The van der Waals surface area contributed by atoms with Crippen LogP contribution in [0.15, 0.2) is 30.6 Å². The van der Waals surface area contributed by atoms with Gasteiger partial charge in [-0.05, 0) is 17.7 Å². The molecule has 0 saturated heterocycles. The predicted molar refractivity (Wildman–Crippen MR) is 80.2 cm³/mol. The molecule has 22 heavy (non-hydrogen) atoms. The number of β-amino-alcohol motifs (C(OH)–C–C–N with tert-alkyl or cyclic N) is 1. The van der Waals surface area contributed by atoms with Crippen molar-refractivity contribution < 1.29 is 10.0 Å². The number of nitrogens with zero attached hydrogens (tertiary/aromatic N) is 4. The van der Waals surface area contributed by atoms with Crippen molar-refractivity contribution in [2.24, 2.45) is 7.05 Å². The van der Waals surface area contributed by atoms with Gasteiger partial charge < -0.3 is 9.67 Å². The Morgan fingerprint density at radius 3 is 2.82 bits per heavy atom. The van der Waals surface area contributed by atoms with Gasteiger partial charge in [-0.1, -0.05) is 0 Å². The number of aryl methyl sites for hydroxylation is 1. The smallest absolute Gasteiger partial charge is 0.269 e. The van der Waals surface area contributed by atoms with Gasteiger partial charge in [0.25, 0.3) is 5.69 Å². The zero-order valence-corrected chi connectivity index (χ0v) is 12.3. The van der Waals surface area contributed by atoms with E-state index in [9.17, 15) is 15.2 Å². The molecule has 1 N–H and O–H groups in total. The van der Waals surface area contributed by atoms with Gasteiger partial charge in [0.2, 0.25) is 0 Å². The third-order valence-corrected chi connectivity index (χ3v) is 4.10. The maximum absolute atomic E-state index is 10.6. The van der Waals surface area contributed by atoms with Crippen LogP contribution in [0.5, 0.6) is 0 Å². The molecule has 2 aromatic rings. The van der Waals surface area contributed by atoms with Crippen molar-refractivity contribution in [1.29, 1.82) is 0 Å². The number of hydrogen-bond donors (Lipinski definition) is 1. The second-order valence-electron chi connectivity index (χ2n) is 5.60. The third kappa shape index (κ3) is 2.86. The molecule has 2 heterocycles. The second kappa shape index (κ2) is 5.86. The first-order valence-corrected chi connectivity index (χ1v) is 7.18. The van der Waals surface area contributed by atoms with E-state index in [0.29, 0.717) is 12.1 Å². The van der Waals surface area contributed by atoms with Crippen LogP contribution in [0.2, 0.25) is 0 Å². The van der Waals surface area contributed by atoms with Crippen molar-refractivity contribution in [3.05, 3.63) is 57.7 Å². The van der Waals surface area contributed by atoms with Crippen molar-refractivity contribution in [3.63, 3.8) is 0 Å². The minimum absolute atomic E-state index is 0.0343. The van der Waals surface area contributed by atoms with Gasteiger partial charge in [0, 0.05) is 50.9 Å².